The molecular formula is C25H22ClN3O3. The molecule has 0 fully saturated rings. The number of para-hydroxylation sites is 1. The van der Waals surface area contributed by atoms with Crippen molar-refractivity contribution in [1.29, 1.82) is 0 Å². The second kappa shape index (κ2) is 9.66. The van der Waals surface area contributed by atoms with Gasteiger partial charge in [-0.25, -0.2) is 0 Å². The van der Waals surface area contributed by atoms with Crippen LogP contribution in [-0.2, 0) is 4.79 Å². The van der Waals surface area contributed by atoms with Gasteiger partial charge in [0.2, 0.25) is 5.89 Å². The summed E-state index contributed by atoms with van der Waals surface area (Å²) in [7, 11) is 0. The van der Waals surface area contributed by atoms with Gasteiger partial charge in [-0.15, -0.1) is 10.2 Å². The van der Waals surface area contributed by atoms with Crippen LogP contribution in [0.4, 0.5) is 5.69 Å². The Kier molecular flexibility index (Phi) is 6.52. The maximum atomic E-state index is 12.9. The lowest BCUT2D eigenvalue weighted by atomic mass is 10.1. The lowest BCUT2D eigenvalue weighted by molar-refractivity contribution is -0.122. The van der Waals surface area contributed by atoms with E-state index in [-0.39, 0.29) is 5.91 Å². The van der Waals surface area contributed by atoms with E-state index in [1.807, 2.05) is 68.4 Å². The number of carbonyl (C=O) groups excluding carboxylic acids is 1. The van der Waals surface area contributed by atoms with Crippen LogP contribution in [0.15, 0.2) is 77.2 Å². The lowest BCUT2D eigenvalue weighted by Gasteiger charge is -2.19. The largest absolute Gasteiger partial charge is 0.480 e. The van der Waals surface area contributed by atoms with Crippen molar-refractivity contribution in [3.05, 3.63) is 83.4 Å². The minimum absolute atomic E-state index is 0.261. The smallest absolute Gasteiger partial charge is 0.265 e. The van der Waals surface area contributed by atoms with E-state index < -0.39 is 6.10 Å². The van der Waals surface area contributed by atoms with Gasteiger partial charge in [0.15, 0.2) is 6.10 Å². The number of carbonyl (C=O) groups is 1. The lowest BCUT2D eigenvalue weighted by Crippen LogP contribution is -2.32. The zero-order valence-corrected chi connectivity index (χ0v) is 18.5. The van der Waals surface area contributed by atoms with E-state index in [0.29, 0.717) is 40.2 Å². The Hall–Kier alpha value is -3.64. The molecule has 0 saturated carbocycles. The van der Waals surface area contributed by atoms with Gasteiger partial charge in [0.05, 0.1) is 5.56 Å². The van der Waals surface area contributed by atoms with Crippen molar-refractivity contribution in [3.63, 3.8) is 0 Å². The average molecular weight is 448 g/mol. The highest BCUT2D eigenvalue weighted by Gasteiger charge is 2.22. The van der Waals surface area contributed by atoms with E-state index in [2.05, 4.69) is 15.5 Å². The molecule has 7 heteroatoms. The van der Waals surface area contributed by atoms with Gasteiger partial charge in [-0.2, -0.15) is 0 Å². The molecule has 162 valence electrons. The molecule has 0 saturated heterocycles. The van der Waals surface area contributed by atoms with Crippen LogP contribution in [0.5, 0.6) is 5.75 Å². The number of nitrogens with one attached hydrogen (secondary N) is 1. The number of aromatic nitrogens is 2. The molecule has 1 atom stereocenters. The van der Waals surface area contributed by atoms with Crippen molar-refractivity contribution in [2.24, 2.45) is 0 Å². The summed E-state index contributed by atoms with van der Waals surface area (Å²) in [5.41, 5.74) is 2.90. The summed E-state index contributed by atoms with van der Waals surface area (Å²) in [6, 6.07) is 22.2. The number of rotatable bonds is 7. The molecular weight excluding hydrogens is 426 g/mol. The predicted molar refractivity (Wildman–Crippen MR) is 125 cm³/mol. The van der Waals surface area contributed by atoms with E-state index in [9.17, 15) is 4.79 Å². The summed E-state index contributed by atoms with van der Waals surface area (Å²) < 4.78 is 12.0. The van der Waals surface area contributed by atoms with Crippen LogP contribution in [0, 0.1) is 6.92 Å². The maximum Gasteiger partial charge on any atom is 0.265 e. The van der Waals surface area contributed by atoms with Crippen molar-refractivity contribution < 1.29 is 13.9 Å². The van der Waals surface area contributed by atoms with Crippen LogP contribution < -0.4 is 10.1 Å². The number of halogens is 1. The van der Waals surface area contributed by atoms with E-state index in [1.54, 1.807) is 18.2 Å². The number of hydrogen-bond donors (Lipinski definition) is 1. The summed E-state index contributed by atoms with van der Waals surface area (Å²) in [6.45, 7) is 3.74. The van der Waals surface area contributed by atoms with Gasteiger partial charge in [-0.1, -0.05) is 54.9 Å². The number of hydrogen-bond acceptors (Lipinski definition) is 5. The van der Waals surface area contributed by atoms with Crippen LogP contribution in [0.25, 0.3) is 22.9 Å². The third-order valence-electron chi connectivity index (χ3n) is 5.02. The van der Waals surface area contributed by atoms with Crippen LogP contribution in [-0.4, -0.2) is 22.2 Å². The number of amides is 1. The minimum Gasteiger partial charge on any atom is -0.480 e. The summed E-state index contributed by atoms with van der Waals surface area (Å²) in [5.74, 6) is 0.959. The molecule has 4 rings (SSSR count). The SMILES string of the molecule is CC[C@H](Oc1ccccc1-c1nnc(-c2ccccc2)o1)C(=O)Nc1cccc(Cl)c1C. The number of benzene rings is 3. The van der Waals surface area contributed by atoms with Crippen molar-refractivity contribution in [3.8, 4) is 28.7 Å². The van der Waals surface area contributed by atoms with Gasteiger partial charge in [-0.3, -0.25) is 4.79 Å². The molecule has 0 aliphatic rings. The quantitative estimate of drug-likeness (QED) is 0.367. The highest BCUT2D eigenvalue weighted by Crippen LogP contribution is 2.32. The first-order chi connectivity index (χ1) is 15.6. The number of ether oxygens (including phenoxy) is 1. The van der Waals surface area contributed by atoms with Gasteiger partial charge in [0.25, 0.3) is 11.8 Å². The molecule has 0 radical (unpaired) electrons. The molecule has 0 aliphatic heterocycles. The number of anilines is 1. The summed E-state index contributed by atoms with van der Waals surface area (Å²) >= 11 is 6.17. The van der Waals surface area contributed by atoms with E-state index in [1.165, 1.54) is 0 Å². The fourth-order valence-electron chi connectivity index (χ4n) is 3.21. The van der Waals surface area contributed by atoms with Crippen molar-refractivity contribution in [2.45, 2.75) is 26.4 Å². The Morgan fingerprint density at radius 1 is 1.00 bits per heavy atom. The average Bonchev–Trinajstić information content (AvgIpc) is 3.31. The molecule has 4 aromatic rings. The van der Waals surface area contributed by atoms with E-state index in [0.717, 1.165) is 11.1 Å². The van der Waals surface area contributed by atoms with Gasteiger partial charge in [-0.05, 0) is 55.3 Å². The maximum absolute atomic E-state index is 12.9. The molecule has 0 aliphatic carbocycles. The van der Waals surface area contributed by atoms with Crippen molar-refractivity contribution >= 4 is 23.2 Å². The Morgan fingerprint density at radius 3 is 2.50 bits per heavy atom. The van der Waals surface area contributed by atoms with E-state index >= 15 is 0 Å². The molecule has 1 aromatic heterocycles. The van der Waals surface area contributed by atoms with Crippen LogP contribution >= 0.6 is 11.6 Å². The van der Waals surface area contributed by atoms with Gasteiger partial charge >= 0.3 is 0 Å². The molecule has 0 unspecified atom stereocenters. The molecule has 1 N–H and O–H groups in total. The summed E-state index contributed by atoms with van der Waals surface area (Å²) in [4.78, 5) is 12.9. The third kappa shape index (κ3) is 4.65. The van der Waals surface area contributed by atoms with Gasteiger partial charge in [0, 0.05) is 16.3 Å². The van der Waals surface area contributed by atoms with Crippen molar-refractivity contribution in [2.75, 3.05) is 5.32 Å². The molecule has 1 heterocycles. The number of nitrogens with zero attached hydrogens (tertiary/aromatic N) is 2. The fourth-order valence-corrected chi connectivity index (χ4v) is 3.38. The van der Waals surface area contributed by atoms with Crippen LogP contribution in [0.3, 0.4) is 0 Å². The van der Waals surface area contributed by atoms with Crippen LogP contribution in [0.2, 0.25) is 5.02 Å². The Morgan fingerprint density at radius 2 is 1.72 bits per heavy atom. The first kappa shape index (κ1) is 21.6. The zero-order valence-electron chi connectivity index (χ0n) is 17.7. The topological polar surface area (TPSA) is 77.2 Å². The van der Waals surface area contributed by atoms with Gasteiger partial charge in [0.1, 0.15) is 5.75 Å². The summed E-state index contributed by atoms with van der Waals surface area (Å²) in [5, 5.41) is 11.8. The predicted octanol–water partition coefficient (Wildman–Crippen LogP) is 6.16. The van der Waals surface area contributed by atoms with Crippen LogP contribution in [0.1, 0.15) is 18.9 Å². The second-order valence-electron chi connectivity index (χ2n) is 7.19. The third-order valence-corrected chi connectivity index (χ3v) is 5.43. The summed E-state index contributed by atoms with van der Waals surface area (Å²) in [6.07, 6.45) is -0.246. The Balaban J connectivity index is 1.56. The molecule has 1 amide bonds. The zero-order chi connectivity index (χ0) is 22.5. The fraction of sp³-hybridized carbons (Fsp3) is 0.160. The van der Waals surface area contributed by atoms with E-state index in [4.69, 9.17) is 20.8 Å². The minimum atomic E-state index is -0.717. The standard InChI is InChI=1S/C25H22ClN3O3/c1-3-21(23(30)27-20-14-9-13-19(26)16(20)2)31-22-15-8-7-12-18(22)25-29-28-24(32-25)17-10-5-4-6-11-17/h4-15,21H,3H2,1-2H3,(H,27,30)/t21-/m0/s1. The van der Waals surface area contributed by atoms with Crippen molar-refractivity contribution in [1.82, 2.24) is 10.2 Å². The molecule has 3 aromatic carbocycles. The monoisotopic (exact) mass is 447 g/mol. The molecule has 0 bridgehead atoms. The molecule has 6 nitrogen and oxygen atoms in total. The Labute approximate surface area is 191 Å². The highest BCUT2D eigenvalue weighted by molar-refractivity contribution is 6.31. The molecule has 0 spiro atoms. The normalized spacial score (nSPS) is 11.7. The first-order valence-electron chi connectivity index (χ1n) is 10.3. The first-order valence-corrected chi connectivity index (χ1v) is 10.7. The Bertz CT molecular complexity index is 1220. The van der Waals surface area contributed by atoms with Gasteiger partial charge < -0.3 is 14.5 Å². The second-order valence-corrected chi connectivity index (χ2v) is 7.60. The highest BCUT2D eigenvalue weighted by atomic mass is 35.5. The molecule has 32 heavy (non-hydrogen) atoms.